The Hall–Kier alpha value is -3.01. The Morgan fingerprint density at radius 3 is 2.38 bits per heavy atom. The van der Waals surface area contributed by atoms with Crippen LogP contribution in [0.4, 0.5) is 5.69 Å². The van der Waals surface area contributed by atoms with Gasteiger partial charge in [0.25, 0.3) is 11.8 Å². The molecule has 1 unspecified atom stereocenters. The van der Waals surface area contributed by atoms with Crippen molar-refractivity contribution in [2.24, 2.45) is 0 Å². The highest BCUT2D eigenvalue weighted by Gasteiger charge is 2.16. The molecule has 2 amide bonds. The predicted octanol–water partition coefficient (Wildman–Crippen LogP) is 2.75. The van der Waals surface area contributed by atoms with Crippen molar-refractivity contribution in [1.29, 1.82) is 0 Å². The number of carbonyl (C=O) groups is 2. The summed E-state index contributed by atoms with van der Waals surface area (Å²) in [5.74, 6) is 0.160. The van der Waals surface area contributed by atoms with E-state index in [1.807, 2.05) is 0 Å². The maximum absolute atomic E-state index is 12.4. The van der Waals surface area contributed by atoms with Gasteiger partial charge in [-0.2, -0.15) is 0 Å². The maximum atomic E-state index is 12.4. The van der Waals surface area contributed by atoms with Crippen LogP contribution in [0, 0.1) is 0 Å². The van der Waals surface area contributed by atoms with Crippen molar-refractivity contribution in [2.45, 2.75) is 18.9 Å². The summed E-state index contributed by atoms with van der Waals surface area (Å²) in [5.41, 5.74) is 1.65. The summed E-state index contributed by atoms with van der Waals surface area (Å²) in [6, 6.07) is 13.6. The normalized spacial score (nSPS) is 15.1. The number of carbonyl (C=O) groups excluding carboxylic acids is 2. The first kappa shape index (κ1) is 23.6. The number of rotatable bonds is 9. The van der Waals surface area contributed by atoms with E-state index in [4.69, 9.17) is 26.4 Å². The van der Waals surface area contributed by atoms with Crippen LogP contribution in [0.2, 0.25) is 0 Å². The molecule has 8 nitrogen and oxygen atoms in total. The molecule has 9 heteroatoms. The second-order valence-corrected chi connectivity index (χ2v) is 7.60. The van der Waals surface area contributed by atoms with E-state index in [1.165, 1.54) is 0 Å². The maximum Gasteiger partial charge on any atom is 0.257 e. The molecule has 3 rings (SSSR count). The van der Waals surface area contributed by atoms with Crippen LogP contribution in [0.3, 0.4) is 0 Å². The van der Waals surface area contributed by atoms with Crippen molar-refractivity contribution in [3.8, 4) is 5.75 Å². The van der Waals surface area contributed by atoms with Crippen molar-refractivity contribution in [1.82, 2.24) is 10.6 Å². The summed E-state index contributed by atoms with van der Waals surface area (Å²) < 4.78 is 15.9. The molecule has 2 aromatic rings. The summed E-state index contributed by atoms with van der Waals surface area (Å²) >= 11 is 5.22. The summed E-state index contributed by atoms with van der Waals surface area (Å²) in [7, 11) is 1.60. The van der Waals surface area contributed by atoms with Gasteiger partial charge in [0.05, 0.1) is 12.7 Å². The van der Waals surface area contributed by atoms with Crippen LogP contribution in [-0.2, 0) is 9.47 Å². The third-order valence-corrected chi connectivity index (χ3v) is 5.02. The van der Waals surface area contributed by atoms with Crippen molar-refractivity contribution >= 4 is 34.8 Å². The fourth-order valence-corrected chi connectivity index (χ4v) is 3.31. The quantitative estimate of drug-likeness (QED) is 0.393. The molecular formula is C23H27N3O5S. The van der Waals surface area contributed by atoms with Crippen LogP contribution < -0.4 is 20.7 Å². The minimum atomic E-state index is -0.337. The van der Waals surface area contributed by atoms with Gasteiger partial charge in [0.2, 0.25) is 0 Å². The molecule has 1 heterocycles. The van der Waals surface area contributed by atoms with E-state index in [0.29, 0.717) is 42.3 Å². The van der Waals surface area contributed by atoms with Gasteiger partial charge in [-0.1, -0.05) is 0 Å². The lowest BCUT2D eigenvalue weighted by Crippen LogP contribution is -2.34. The SMILES string of the molecule is COCCOc1ccc(C(=O)NC(=S)Nc2ccc(C(=O)NCC3CCCO3)cc2)cc1. The molecule has 1 fully saturated rings. The zero-order valence-electron chi connectivity index (χ0n) is 17.9. The van der Waals surface area contributed by atoms with Gasteiger partial charge in [-0.25, -0.2) is 0 Å². The minimum Gasteiger partial charge on any atom is -0.491 e. The summed E-state index contributed by atoms with van der Waals surface area (Å²) in [6.07, 6.45) is 2.10. The summed E-state index contributed by atoms with van der Waals surface area (Å²) in [6.45, 7) is 2.19. The van der Waals surface area contributed by atoms with E-state index in [1.54, 1.807) is 55.6 Å². The molecule has 0 aromatic heterocycles. The number of hydrogen-bond donors (Lipinski definition) is 3. The van der Waals surface area contributed by atoms with E-state index < -0.39 is 0 Å². The second kappa shape index (κ2) is 12.1. The summed E-state index contributed by atoms with van der Waals surface area (Å²) in [4.78, 5) is 24.6. The number of nitrogens with one attached hydrogen (secondary N) is 3. The molecular weight excluding hydrogens is 430 g/mol. The van der Waals surface area contributed by atoms with E-state index >= 15 is 0 Å². The van der Waals surface area contributed by atoms with Crippen molar-refractivity contribution < 1.29 is 23.8 Å². The highest BCUT2D eigenvalue weighted by atomic mass is 32.1. The molecule has 3 N–H and O–H groups in total. The van der Waals surface area contributed by atoms with E-state index in [9.17, 15) is 9.59 Å². The van der Waals surface area contributed by atoms with Crippen LogP contribution in [0.25, 0.3) is 0 Å². The Morgan fingerprint density at radius 2 is 1.72 bits per heavy atom. The van der Waals surface area contributed by atoms with Crippen LogP contribution >= 0.6 is 12.2 Å². The fraction of sp³-hybridized carbons (Fsp3) is 0.348. The Labute approximate surface area is 192 Å². The number of hydrogen-bond acceptors (Lipinski definition) is 6. The molecule has 1 saturated heterocycles. The van der Waals surface area contributed by atoms with Crippen molar-refractivity contribution in [3.63, 3.8) is 0 Å². The smallest absolute Gasteiger partial charge is 0.257 e. The molecule has 2 aromatic carbocycles. The van der Waals surface area contributed by atoms with Crippen LogP contribution in [0.1, 0.15) is 33.6 Å². The number of methoxy groups -OCH3 is 1. The van der Waals surface area contributed by atoms with E-state index in [0.717, 1.165) is 19.4 Å². The standard InChI is InChI=1S/C23H27N3O5S/c1-29-13-14-31-19-10-6-17(7-11-19)22(28)26-23(32)25-18-8-4-16(5-9-18)21(27)24-15-20-3-2-12-30-20/h4-11,20H,2-3,12-15H2,1H3,(H,24,27)(H2,25,26,28,32). The molecule has 0 bridgehead atoms. The average molecular weight is 458 g/mol. The van der Waals surface area contributed by atoms with Crippen LogP contribution in [0.5, 0.6) is 5.75 Å². The first-order chi connectivity index (χ1) is 15.5. The fourth-order valence-electron chi connectivity index (χ4n) is 3.10. The number of thiocarbonyl (C=S) groups is 1. The lowest BCUT2D eigenvalue weighted by atomic mass is 10.2. The molecule has 1 atom stereocenters. The Bertz CT molecular complexity index is 912. The van der Waals surface area contributed by atoms with Gasteiger partial charge in [0.15, 0.2) is 5.11 Å². The van der Waals surface area contributed by atoms with Gasteiger partial charge in [-0.15, -0.1) is 0 Å². The van der Waals surface area contributed by atoms with Crippen LogP contribution in [0.15, 0.2) is 48.5 Å². The molecule has 170 valence electrons. The van der Waals surface area contributed by atoms with Gasteiger partial charge in [0.1, 0.15) is 12.4 Å². The zero-order valence-corrected chi connectivity index (χ0v) is 18.7. The highest BCUT2D eigenvalue weighted by Crippen LogP contribution is 2.14. The van der Waals surface area contributed by atoms with E-state index in [2.05, 4.69) is 16.0 Å². The third-order valence-electron chi connectivity index (χ3n) is 4.82. The van der Waals surface area contributed by atoms with Crippen molar-refractivity contribution in [3.05, 3.63) is 59.7 Å². The number of amides is 2. The molecule has 32 heavy (non-hydrogen) atoms. The Kier molecular flexibility index (Phi) is 8.97. The number of benzene rings is 2. The average Bonchev–Trinajstić information content (AvgIpc) is 3.32. The predicted molar refractivity (Wildman–Crippen MR) is 125 cm³/mol. The Morgan fingerprint density at radius 1 is 1.03 bits per heavy atom. The monoisotopic (exact) mass is 457 g/mol. The molecule has 0 saturated carbocycles. The topological polar surface area (TPSA) is 97.9 Å². The van der Waals surface area contributed by atoms with Gasteiger partial charge >= 0.3 is 0 Å². The number of anilines is 1. The molecule has 0 aliphatic carbocycles. The first-order valence-corrected chi connectivity index (χ1v) is 10.8. The van der Waals surface area contributed by atoms with E-state index in [-0.39, 0.29) is 23.0 Å². The molecule has 1 aliphatic heterocycles. The first-order valence-electron chi connectivity index (χ1n) is 10.4. The molecule has 1 aliphatic rings. The number of ether oxygens (including phenoxy) is 3. The second-order valence-electron chi connectivity index (χ2n) is 7.20. The highest BCUT2D eigenvalue weighted by molar-refractivity contribution is 7.80. The Balaban J connectivity index is 1.44. The molecule has 0 spiro atoms. The lowest BCUT2D eigenvalue weighted by molar-refractivity contribution is 0.0857. The third kappa shape index (κ3) is 7.30. The van der Waals surface area contributed by atoms with Crippen molar-refractivity contribution in [2.75, 3.05) is 38.8 Å². The largest absolute Gasteiger partial charge is 0.491 e. The zero-order chi connectivity index (χ0) is 22.8. The van der Waals surface area contributed by atoms with Gasteiger partial charge in [-0.3, -0.25) is 14.9 Å². The minimum absolute atomic E-state index is 0.0975. The molecule has 0 radical (unpaired) electrons. The van der Waals surface area contributed by atoms with Gasteiger partial charge < -0.3 is 24.8 Å². The summed E-state index contributed by atoms with van der Waals surface area (Å²) in [5, 5.41) is 8.61. The van der Waals surface area contributed by atoms with Gasteiger partial charge in [0, 0.05) is 37.1 Å². The van der Waals surface area contributed by atoms with Crippen LogP contribution in [-0.4, -0.2) is 56.5 Å². The lowest BCUT2D eigenvalue weighted by Gasteiger charge is -2.12. The van der Waals surface area contributed by atoms with Gasteiger partial charge in [-0.05, 0) is 73.6 Å².